The molecule has 96 valence electrons. The molecule has 2 rings (SSSR count). The van der Waals surface area contributed by atoms with E-state index in [4.69, 9.17) is 11.6 Å². The monoisotopic (exact) mass is 290 g/mol. The summed E-state index contributed by atoms with van der Waals surface area (Å²) >= 11 is 6.75. The third-order valence-electron chi connectivity index (χ3n) is 2.50. The van der Waals surface area contributed by atoms with E-state index >= 15 is 0 Å². The Kier molecular flexibility index (Phi) is 4.77. The zero-order valence-corrected chi connectivity index (χ0v) is 11.6. The van der Waals surface area contributed by atoms with Gasteiger partial charge < -0.3 is 0 Å². The van der Waals surface area contributed by atoms with Gasteiger partial charge in [0.2, 0.25) is 5.78 Å². The number of rotatable bonds is 4. The smallest absolute Gasteiger partial charge is 0.260 e. The topological polar surface area (TPSA) is 34.1 Å². The Morgan fingerprint density at radius 3 is 2.21 bits per heavy atom. The summed E-state index contributed by atoms with van der Waals surface area (Å²) in [7, 11) is 0. The molecule has 0 fully saturated rings. The van der Waals surface area contributed by atoms with Gasteiger partial charge in [0, 0.05) is 16.3 Å². The predicted octanol–water partition coefficient (Wildman–Crippen LogP) is 3.98. The molecule has 0 saturated heterocycles. The molecule has 0 bridgehead atoms. The highest BCUT2D eigenvalue weighted by molar-refractivity contribution is 8.14. The van der Waals surface area contributed by atoms with Crippen LogP contribution in [0.3, 0.4) is 0 Å². The molecule has 19 heavy (non-hydrogen) atoms. The van der Waals surface area contributed by atoms with E-state index in [9.17, 15) is 9.59 Å². The van der Waals surface area contributed by atoms with Crippen LogP contribution in [-0.4, -0.2) is 10.9 Å². The number of carbonyl (C=O) groups is 2. The molecular formula is C15H11ClO2S. The van der Waals surface area contributed by atoms with Crippen molar-refractivity contribution in [2.75, 3.05) is 0 Å². The van der Waals surface area contributed by atoms with Gasteiger partial charge in [0.25, 0.3) is 5.12 Å². The van der Waals surface area contributed by atoms with Gasteiger partial charge in [-0.25, -0.2) is 0 Å². The van der Waals surface area contributed by atoms with Crippen molar-refractivity contribution in [1.29, 1.82) is 0 Å². The van der Waals surface area contributed by atoms with Crippen molar-refractivity contribution in [2.24, 2.45) is 0 Å². The lowest BCUT2D eigenvalue weighted by atomic mass is 10.1. The highest BCUT2D eigenvalue weighted by atomic mass is 35.5. The quantitative estimate of drug-likeness (QED) is 0.631. The van der Waals surface area contributed by atoms with Gasteiger partial charge in [0.15, 0.2) is 0 Å². The summed E-state index contributed by atoms with van der Waals surface area (Å²) in [6.45, 7) is 0. The van der Waals surface area contributed by atoms with Crippen molar-refractivity contribution >= 4 is 34.3 Å². The lowest BCUT2D eigenvalue weighted by Gasteiger charge is -2.01. The zero-order valence-electron chi connectivity index (χ0n) is 10.0. The Labute approximate surface area is 120 Å². The van der Waals surface area contributed by atoms with Crippen molar-refractivity contribution in [2.45, 2.75) is 5.75 Å². The second-order valence-electron chi connectivity index (χ2n) is 3.90. The molecule has 0 spiro atoms. The molecule has 0 aliphatic heterocycles. The van der Waals surface area contributed by atoms with Crippen molar-refractivity contribution in [3.05, 3.63) is 70.7 Å². The molecule has 0 aliphatic rings. The first kappa shape index (κ1) is 13.8. The van der Waals surface area contributed by atoms with Crippen LogP contribution in [0.15, 0.2) is 54.6 Å². The van der Waals surface area contributed by atoms with Crippen molar-refractivity contribution in [3.63, 3.8) is 0 Å². The van der Waals surface area contributed by atoms with E-state index in [0.29, 0.717) is 16.3 Å². The number of thioether (sulfide) groups is 1. The van der Waals surface area contributed by atoms with E-state index in [1.807, 2.05) is 30.3 Å². The van der Waals surface area contributed by atoms with Crippen LogP contribution < -0.4 is 0 Å². The average molecular weight is 291 g/mol. The number of Topliss-reactive ketones (excluding diaryl/α,β-unsaturated/α-hetero) is 1. The van der Waals surface area contributed by atoms with Gasteiger partial charge >= 0.3 is 0 Å². The first-order valence-electron chi connectivity index (χ1n) is 5.68. The van der Waals surface area contributed by atoms with Crippen LogP contribution in [-0.2, 0) is 10.5 Å². The van der Waals surface area contributed by atoms with Crippen molar-refractivity contribution in [1.82, 2.24) is 0 Å². The Balaban J connectivity index is 1.96. The molecular weight excluding hydrogens is 280 g/mol. The van der Waals surface area contributed by atoms with Crippen LogP contribution in [0.25, 0.3) is 0 Å². The molecule has 0 unspecified atom stereocenters. The molecule has 2 aromatic carbocycles. The highest BCUT2D eigenvalue weighted by Crippen LogP contribution is 2.17. The number of ketones is 1. The third-order valence-corrected chi connectivity index (χ3v) is 3.68. The van der Waals surface area contributed by atoms with Crippen LogP contribution in [0.1, 0.15) is 15.9 Å². The fourth-order valence-electron chi connectivity index (χ4n) is 1.51. The minimum Gasteiger partial charge on any atom is -0.284 e. The Morgan fingerprint density at radius 2 is 1.58 bits per heavy atom. The Morgan fingerprint density at radius 1 is 0.947 bits per heavy atom. The van der Waals surface area contributed by atoms with Gasteiger partial charge in [-0.05, 0) is 29.8 Å². The average Bonchev–Trinajstić information content (AvgIpc) is 2.46. The van der Waals surface area contributed by atoms with Crippen LogP contribution >= 0.6 is 23.4 Å². The van der Waals surface area contributed by atoms with Crippen LogP contribution in [0.5, 0.6) is 0 Å². The number of hydrogen-bond acceptors (Lipinski definition) is 3. The van der Waals surface area contributed by atoms with E-state index in [2.05, 4.69) is 0 Å². The third kappa shape index (κ3) is 3.94. The molecule has 0 saturated carbocycles. The summed E-state index contributed by atoms with van der Waals surface area (Å²) in [5.74, 6) is 0.0107. The zero-order chi connectivity index (χ0) is 13.7. The maximum absolute atomic E-state index is 11.9. The molecule has 4 heteroatoms. The second kappa shape index (κ2) is 6.55. The number of benzene rings is 2. The second-order valence-corrected chi connectivity index (χ2v) is 5.28. The van der Waals surface area contributed by atoms with E-state index in [1.165, 1.54) is 0 Å². The molecule has 0 heterocycles. The van der Waals surface area contributed by atoms with Gasteiger partial charge in [-0.1, -0.05) is 53.7 Å². The molecule has 0 aromatic heterocycles. The Hall–Kier alpha value is -1.58. The van der Waals surface area contributed by atoms with Gasteiger partial charge in [-0.15, -0.1) is 0 Å². The Bertz CT molecular complexity index is 579. The number of halogens is 1. The maximum atomic E-state index is 11.9. The minimum atomic E-state index is -0.488. The summed E-state index contributed by atoms with van der Waals surface area (Å²) in [5, 5.41) is 0.0899. The van der Waals surface area contributed by atoms with Crippen LogP contribution in [0.4, 0.5) is 0 Å². The van der Waals surface area contributed by atoms with E-state index in [0.717, 1.165) is 17.3 Å². The fraction of sp³-hybridized carbons (Fsp3) is 0.0667. The van der Waals surface area contributed by atoms with E-state index < -0.39 is 10.9 Å². The lowest BCUT2D eigenvalue weighted by Crippen LogP contribution is -2.10. The van der Waals surface area contributed by atoms with Crippen LogP contribution in [0, 0.1) is 0 Å². The molecule has 2 nitrogen and oxygen atoms in total. The molecule has 0 atom stereocenters. The van der Waals surface area contributed by atoms with Crippen LogP contribution in [0.2, 0.25) is 5.02 Å². The number of carbonyl (C=O) groups excluding carboxylic acids is 2. The first-order valence-corrected chi connectivity index (χ1v) is 7.04. The summed E-state index contributed by atoms with van der Waals surface area (Å²) in [5.41, 5.74) is 1.39. The molecule has 0 aliphatic carbocycles. The summed E-state index contributed by atoms with van der Waals surface area (Å²) < 4.78 is 0. The number of hydrogen-bond donors (Lipinski definition) is 0. The summed E-state index contributed by atoms with van der Waals surface area (Å²) in [6.07, 6.45) is 0. The van der Waals surface area contributed by atoms with Gasteiger partial charge in [0.1, 0.15) is 0 Å². The summed E-state index contributed by atoms with van der Waals surface area (Å²) in [6, 6.07) is 15.9. The van der Waals surface area contributed by atoms with Gasteiger partial charge in [-0.3, -0.25) is 9.59 Å². The highest BCUT2D eigenvalue weighted by Gasteiger charge is 2.16. The lowest BCUT2D eigenvalue weighted by molar-refractivity contribution is -0.107. The molecule has 0 radical (unpaired) electrons. The van der Waals surface area contributed by atoms with Gasteiger partial charge in [0.05, 0.1) is 0 Å². The van der Waals surface area contributed by atoms with E-state index in [-0.39, 0.29) is 0 Å². The SMILES string of the molecule is O=C(SCc1ccccc1)C(=O)c1ccc(Cl)cc1. The maximum Gasteiger partial charge on any atom is 0.260 e. The summed E-state index contributed by atoms with van der Waals surface area (Å²) in [4.78, 5) is 23.6. The van der Waals surface area contributed by atoms with Gasteiger partial charge in [-0.2, -0.15) is 0 Å². The minimum absolute atomic E-state index is 0.370. The van der Waals surface area contributed by atoms with Crippen molar-refractivity contribution < 1.29 is 9.59 Å². The standard InChI is InChI=1S/C15H11ClO2S/c16-13-8-6-12(7-9-13)14(17)15(18)19-10-11-4-2-1-3-5-11/h1-9H,10H2. The van der Waals surface area contributed by atoms with Crippen molar-refractivity contribution in [3.8, 4) is 0 Å². The predicted molar refractivity (Wildman–Crippen MR) is 78.5 cm³/mol. The largest absolute Gasteiger partial charge is 0.284 e. The molecule has 0 amide bonds. The normalized spacial score (nSPS) is 10.2. The fourth-order valence-corrected chi connectivity index (χ4v) is 2.37. The molecule has 2 aromatic rings. The van der Waals surface area contributed by atoms with E-state index in [1.54, 1.807) is 24.3 Å². The molecule has 0 N–H and O–H groups in total. The first-order chi connectivity index (χ1) is 9.16.